The van der Waals surface area contributed by atoms with Gasteiger partial charge in [0.1, 0.15) is 23.9 Å². The fourth-order valence-corrected chi connectivity index (χ4v) is 4.45. The molecule has 1 N–H and O–H groups in total. The van der Waals surface area contributed by atoms with E-state index in [4.69, 9.17) is 9.47 Å². The van der Waals surface area contributed by atoms with Gasteiger partial charge in [-0.2, -0.15) is 0 Å². The van der Waals surface area contributed by atoms with Gasteiger partial charge in [0.2, 0.25) is 0 Å². The van der Waals surface area contributed by atoms with E-state index in [9.17, 15) is 9.18 Å². The fourth-order valence-electron chi connectivity index (χ4n) is 4.45. The number of allylic oxidation sites excluding steroid dienone is 1. The van der Waals surface area contributed by atoms with Crippen LogP contribution < -0.4 is 14.8 Å². The lowest BCUT2D eigenvalue weighted by atomic mass is 9.85. The van der Waals surface area contributed by atoms with E-state index in [-0.39, 0.29) is 23.7 Å². The van der Waals surface area contributed by atoms with Crippen LogP contribution in [-0.2, 0) is 6.61 Å². The molecule has 0 unspecified atom stereocenters. The van der Waals surface area contributed by atoms with Gasteiger partial charge < -0.3 is 14.8 Å². The van der Waals surface area contributed by atoms with Gasteiger partial charge in [0.25, 0.3) is 0 Å². The number of ketones is 1. The van der Waals surface area contributed by atoms with Gasteiger partial charge in [0.05, 0.1) is 12.6 Å². The summed E-state index contributed by atoms with van der Waals surface area (Å²) >= 11 is 0. The topological polar surface area (TPSA) is 47.6 Å². The molecule has 0 spiro atoms. The maximum absolute atomic E-state index is 13.9. The van der Waals surface area contributed by atoms with Crippen molar-refractivity contribution in [2.24, 2.45) is 0 Å². The summed E-state index contributed by atoms with van der Waals surface area (Å²) in [5.74, 6) is 0.704. The van der Waals surface area contributed by atoms with Gasteiger partial charge in [-0.15, -0.1) is 0 Å². The van der Waals surface area contributed by atoms with Gasteiger partial charge in [-0.25, -0.2) is 4.39 Å². The van der Waals surface area contributed by atoms with Gasteiger partial charge in [-0.05, 0) is 69.2 Å². The van der Waals surface area contributed by atoms with Crippen LogP contribution in [0, 0.1) is 5.82 Å². The molecule has 3 aromatic rings. The Labute approximate surface area is 194 Å². The second kappa shape index (κ2) is 8.74. The molecule has 0 aromatic heterocycles. The van der Waals surface area contributed by atoms with Crippen LogP contribution >= 0.6 is 0 Å². The summed E-state index contributed by atoms with van der Waals surface area (Å²) in [6, 6.07) is 15.8. The Morgan fingerprint density at radius 1 is 1.06 bits per heavy atom. The van der Waals surface area contributed by atoms with Crippen LogP contribution in [0.1, 0.15) is 49.2 Å². The lowest BCUT2D eigenvalue weighted by Crippen LogP contribution is -2.32. The maximum Gasteiger partial charge on any atom is 0.159 e. The standard InChI is InChI=1S/C28H28FNO3/c1-17-15-28(3,4)30-25-12-11-22(23-10-9-20(29)14-26(23)32-5)24(27(17)25)16-33-21-8-6-7-19(13-21)18(2)31/h6-15,30H,16H2,1-5H3. The molecule has 0 radical (unpaired) electrons. The third kappa shape index (κ3) is 4.63. The first-order chi connectivity index (χ1) is 15.7. The van der Waals surface area contributed by atoms with Crippen LogP contribution in [0.3, 0.4) is 0 Å². The van der Waals surface area contributed by atoms with Crippen molar-refractivity contribution in [3.05, 3.63) is 83.2 Å². The number of carbonyl (C=O) groups excluding carboxylic acids is 1. The fraction of sp³-hybridized carbons (Fsp3) is 0.250. The van der Waals surface area contributed by atoms with E-state index in [0.29, 0.717) is 17.1 Å². The quantitative estimate of drug-likeness (QED) is 0.420. The van der Waals surface area contributed by atoms with Crippen molar-refractivity contribution in [3.63, 3.8) is 0 Å². The van der Waals surface area contributed by atoms with E-state index in [1.165, 1.54) is 26.2 Å². The molecule has 5 heteroatoms. The molecule has 0 amide bonds. The molecule has 4 nitrogen and oxygen atoms in total. The predicted molar refractivity (Wildman–Crippen MR) is 131 cm³/mol. The summed E-state index contributed by atoms with van der Waals surface area (Å²) < 4.78 is 25.6. The Morgan fingerprint density at radius 2 is 1.82 bits per heavy atom. The Morgan fingerprint density at radius 3 is 2.55 bits per heavy atom. The molecule has 0 saturated carbocycles. The number of anilines is 1. The van der Waals surface area contributed by atoms with Crippen LogP contribution in [0.2, 0.25) is 0 Å². The summed E-state index contributed by atoms with van der Waals surface area (Å²) in [6.07, 6.45) is 2.20. The lowest BCUT2D eigenvalue weighted by molar-refractivity contribution is 0.101. The first kappa shape index (κ1) is 22.6. The normalized spacial score (nSPS) is 14.1. The highest BCUT2D eigenvalue weighted by molar-refractivity contribution is 5.94. The largest absolute Gasteiger partial charge is 0.496 e. The van der Waals surface area contributed by atoms with E-state index in [0.717, 1.165) is 33.5 Å². The highest BCUT2D eigenvalue weighted by atomic mass is 19.1. The number of hydrogen-bond acceptors (Lipinski definition) is 4. The zero-order valence-electron chi connectivity index (χ0n) is 19.6. The number of benzene rings is 3. The van der Waals surface area contributed by atoms with E-state index in [1.807, 2.05) is 24.3 Å². The molecule has 1 heterocycles. The Bertz CT molecular complexity index is 1260. The first-order valence-corrected chi connectivity index (χ1v) is 10.9. The second-order valence-electron chi connectivity index (χ2n) is 8.91. The number of Topliss-reactive ketones (excluding diaryl/α,β-unsaturated/α-hetero) is 1. The minimum Gasteiger partial charge on any atom is -0.496 e. The number of rotatable bonds is 6. The van der Waals surface area contributed by atoms with Crippen molar-refractivity contribution in [2.45, 2.75) is 39.8 Å². The summed E-state index contributed by atoms with van der Waals surface area (Å²) in [5, 5.41) is 3.58. The number of carbonyl (C=O) groups is 1. The van der Waals surface area contributed by atoms with E-state index >= 15 is 0 Å². The molecular formula is C28H28FNO3. The summed E-state index contributed by atoms with van der Waals surface area (Å²) in [6.45, 7) is 8.15. The number of hydrogen-bond donors (Lipinski definition) is 1. The first-order valence-electron chi connectivity index (χ1n) is 10.9. The third-order valence-corrected chi connectivity index (χ3v) is 5.82. The average molecular weight is 446 g/mol. The van der Waals surface area contributed by atoms with Crippen LogP contribution in [0.4, 0.5) is 10.1 Å². The Balaban J connectivity index is 1.84. The second-order valence-corrected chi connectivity index (χ2v) is 8.91. The summed E-state index contributed by atoms with van der Waals surface area (Å²) in [7, 11) is 1.54. The average Bonchev–Trinajstić information content (AvgIpc) is 2.76. The SMILES string of the molecule is COc1cc(F)ccc1-c1ccc2c(c1COc1cccc(C(C)=O)c1)C(C)=CC(C)(C)N2. The Hall–Kier alpha value is -3.60. The smallest absolute Gasteiger partial charge is 0.159 e. The zero-order valence-corrected chi connectivity index (χ0v) is 19.6. The number of halogens is 1. The molecule has 0 saturated heterocycles. The molecule has 33 heavy (non-hydrogen) atoms. The van der Waals surface area contributed by atoms with Crippen LogP contribution in [0.5, 0.6) is 11.5 Å². The van der Waals surface area contributed by atoms with E-state index < -0.39 is 0 Å². The van der Waals surface area contributed by atoms with Crippen LogP contribution in [0.15, 0.2) is 60.7 Å². The van der Waals surface area contributed by atoms with Crippen LogP contribution in [-0.4, -0.2) is 18.4 Å². The number of ether oxygens (including phenoxy) is 2. The predicted octanol–water partition coefficient (Wildman–Crippen LogP) is 6.89. The third-order valence-electron chi connectivity index (χ3n) is 5.82. The number of nitrogens with one attached hydrogen (secondary N) is 1. The van der Waals surface area contributed by atoms with Gasteiger partial charge >= 0.3 is 0 Å². The highest BCUT2D eigenvalue weighted by Crippen LogP contribution is 2.42. The van der Waals surface area contributed by atoms with Crippen molar-refractivity contribution in [2.75, 3.05) is 12.4 Å². The van der Waals surface area contributed by atoms with Crippen LogP contribution in [0.25, 0.3) is 16.7 Å². The van der Waals surface area contributed by atoms with Crippen molar-refractivity contribution < 1.29 is 18.7 Å². The molecule has 3 aromatic carbocycles. The molecule has 1 aliphatic heterocycles. The Kier molecular flexibility index (Phi) is 5.98. The molecule has 4 rings (SSSR count). The van der Waals surface area contributed by atoms with E-state index in [1.54, 1.807) is 18.2 Å². The molecule has 0 fully saturated rings. The molecule has 0 aliphatic carbocycles. The molecule has 170 valence electrons. The van der Waals surface area contributed by atoms with Gasteiger partial charge in [-0.1, -0.05) is 24.3 Å². The lowest BCUT2D eigenvalue weighted by Gasteiger charge is -2.33. The van der Waals surface area contributed by atoms with Crippen molar-refractivity contribution in [1.29, 1.82) is 0 Å². The maximum atomic E-state index is 13.9. The summed E-state index contributed by atoms with van der Waals surface area (Å²) in [5.41, 5.74) is 6.28. The molecular weight excluding hydrogens is 417 g/mol. The van der Waals surface area contributed by atoms with Gasteiger partial charge in [0, 0.05) is 34.0 Å². The summed E-state index contributed by atoms with van der Waals surface area (Å²) in [4.78, 5) is 11.8. The van der Waals surface area contributed by atoms with Crippen molar-refractivity contribution >= 4 is 17.0 Å². The molecule has 0 atom stereocenters. The van der Waals surface area contributed by atoms with Crippen molar-refractivity contribution in [1.82, 2.24) is 0 Å². The number of fused-ring (bicyclic) bond motifs is 1. The number of methoxy groups -OCH3 is 1. The molecule has 1 aliphatic rings. The molecule has 0 bridgehead atoms. The highest BCUT2D eigenvalue weighted by Gasteiger charge is 2.27. The van der Waals surface area contributed by atoms with E-state index in [2.05, 4.69) is 32.2 Å². The minimum absolute atomic E-state index is 0.0144. The van der Waals surface area contributed by atoms with Gasteiger partial charge in [0.15, 0.2) is 5.78 Å². The van der Waals surface area contributed by atoms with Gasteiger partial charge in [-0.3, -0.25) is 4.79 Å². The minimum atomic E-state index is -0.355. The monoisotopic (exact) mass is 445 g/mol. The zero-order chi connectivity index (χ0) is 23.8. The van der Waals surface area contributed by atoms with Crippen molar-refractivity contribution in [3.8, 4) is 22.6 Å².